The highest BCUT2D eigenvalue weighted by atomic mass is 16.6. The Hall–Kier alpha value is -3.36. The van der Waals surface area contributed by atoms with Crippen LogP contribution in [0.1, 0.15) is 70.9 Å². The largest absolute Gasteiger partial charge is 0.444 e. The summed E-state index contributed by atoms with van der Waals surface area (Å²) in [7, 11) is 0. The minimum atomic E-state index is -0.940. The third-order valence-electron chi connectivity index (χ3n) is 6.81. The van der Waals surface area contributed by atoms with Crippen molar-refractivity contribution in [2.24, 2.45) is 5.92 Å². The van der Waals surface area contributed by atoms with E-state index >= 15 is 0 Å². The minimum absolute atomic E-state index is 0.164. The SMILES string of the molecule is CC(C)Cn1cc(C2=CCN(C(=O)OC(C)(C)C)CC2)c2ccc(C(=O)N3CCNC(=O)C3(C)C)nc21. The standard InChI is InChI=1S/C28H39N5O4/c1-18(2)16-32-17-21(19-10-13-31(14-11-19)26(36)37-27(3,4)5)20-8-9-22(30-23(20)32)24(34)33-15-12-29-25(35)28(33,6)7/h8-10,17-18H,11-16H2,1-7H3,(H,29,35). The maximum Gasteiger partial charge on any atom is 0.410 e. The van der Waals surface area contributed by atoms with Crippen LogP contribution in [0.4, 0.5) is 4.79 Å². The monoisotopic (exact) mass is 509 g/mol. The van der Waals surface area contributed by atoms with Crippen molar-refractivity contribution in [2.75, 3.05) is 26.2 Å². The van der Waals surface area contributed by atoms with Crippen LogP contribution >= 0.6 is 0 Å². The summed E-state index contributed by atoms with van der Waals surface area (Å²) >= 11 is 0. The van der Waals surface area contributed by atoms with E-state index < -0.39 is 11.1 Å². The number of nitrogens with zero attached hydrogens (tertiary/aromatic N) is 4. The molecule has 2 aliphatic heterocycles. The summed E-state index contributed by atoms with van der Waals surface area (Å²) in [6.45, 7) is 16.1. The number of piperazine rings is 1. The average molecular weight is 510 g/mol. The van der Waals surface area contributed by atoms with Gasteiger partial charge in [-0.05, 0) is 64.7 Å². The smallest absolute Gasteiger partial charge is 0.410 e. The third kappa shape index (κ3) is 5.50. The minimum Gasteiger partial charge on any atom is -0.444 e. The molecule has 0 bridgehead atoms. The number of aromatic nitrogens is 2. The summed E-state index contributed by atoms with van der Waals surface area (Å²) < 4.78 is 7.64. The van der Waals surface area contributed by atoms with E-state index in [4.69, 9.17) is 9.72 Å². The molecule has 0 unspecified atom stereocenters. The van der Waals surface area contributed by atoms with Gasteiger partial charge in [-0.25, -0.2) is 9.78 Å². The van der Waals surface area contributed by atoms with Crippen molar-refractivity contribution in [3.8, 4) is 0 Å². The summed E-state index contributed by atoms with van der Waals surface area (Å²) in [4.78, 5) is 46.5. The van der Waals surface area contributed by atoms with E-state index in [1.165, 1.54) is 0 Å². The Kier molecular flexibility index (Phi) is 7.10. The van der Waals surface area contributed by atoms with Gasteiger partial charge in [-0.3, -0.25) is 9.59 Å². The normalized spacial score (nSPS) is 18.2. The maximum absolute atomic E-state index is 13.5. The van der Waals surface area contributed by atoms with Crippen LogP contribution in [0.15, 0.2) is 24.4 Å². The molecule has 9 nitrogen and oxygen atoms in total. The molecule has 9 heteroatoms. The number of fused-ring (bicyclic) bond motifs is 1. The van der Waals surface area contributed by atoms with Crippen molar-refractivity contribution in [3.63, 3.8) is 0 Å². The highest BCUT2D eigenvalue weighted by Crippen LogP contribution is 2.32. The maximum atomic E-state index is 13.5. The van der Waals surface area contributed by atoms with E-state index in [1.54, 1.807) is 29.7 Å². The van der Waals surface area contributed by atoms with Gasteiger partial charge in [0.25, 0.3) is 5.91 Å². The molecule has 1 saturated heterocycles. The van der Waals surface area contributed by atoms with Gasteiger partial charge in [0.05, 0.1) is 0 Å². The number of nitrogens with one attached hydrogen (secondary N) is 1. The van der Waals surface area contributed by atoms with Gasteiger partial charge in [0, 0.05) is 49.9 Å². The first-order chi connectivity index (χ1) is 17.3. The molecule has 3 amide bonds. The Morgan fingerprint density at radius 3 is 2.54 bits per heavy atom. The lowest BCUT2D eigenvalue weighted by atomic mass is 9.98. The molecule has 4 rings (SSSR count). The molecule has 0 aromatic carbocycles. The zero-order chi connectivity index (χ0) is 27.1. The van der Waals surface area contributed by atoms with Crippen LogP contribution in [0.5, 0.6) is 0 Å². The van der Waals surface area contributed by atoms with Gasteiger partial charge in [-0.1, -0.05) is 19.9 Å². The quantitative estimate of drug-likeness (QED) is 0.670. The average Bonchev–Trinajstić information content (AvgIpc) is 3.16. The van der Waals surface area contributed by atoms with E-state index in [0.717, 1.165) is 28.7 Å². The van der Waals surface area contributed by atoms with Gasteiger partial charge in [0.2, 0.25) is 5.91 Å². The zero-order valence-corrected chi connectivity index (χ0v) is 23.1. The first-order valence-electron chi connectivity index (χ1n) is 13.1. The molecule has 2 aromatic heterocycles. The molecular weight excluding hydrogens is 470 g/mol. The molecule has 0 spiro atoms. The lowest BCUT2D eigenvalue weighted by Gasteiger charge is -2.40. The number of hydrogen-bond donors (Lipinski definition) is 1. The second-order valence-electron chi connectivity index (χ2n) is 11.8. The Balaban J connectivity index is 1.65. The molecule has 0 atom stereocenters. The summed E-state index contributed by atoms with van der Waals surface area (Å²) in [5.41, 5.74) is 1.84. The van der Waals surface area contributed by atoms with Crippen LogP contribution in [-0.2, 0) is 16.1 Å². The zero-order valence-electron chi connectivity index (χ0n) is 23.1. The van der Waals surface area contributed by atoms with Crippen molar-refractivity contribution >= 4 is 34.5 Å². The van der Waals surface area contributed by atoms with Crippen LogP contribution in [0, 0.1) is 5.92 Å². The Morgan fingerprint density at radius 1 is 1.19 bits per heavy atom. The lowest BCUT2D eigenvalue weighted by Crippen LogP contribution is -2.63. The third-order valence-corrected chi connectivity index (χ3v) is 6.81. The fourth-order valence-electron chi connectivity index (χ4n) is 4.87. The van der Waals surface area contributed by atoms with E-state index in [1.807, 2.05) is 26.8 Å². The van der Waals surface area contributed by atoms with E-state index in [0.29, 0.717) is 44.2 Å². The van der Waals surface area contributed by atoms with Crippen LogP contribution in [0.2, 0.25) is 0 Å². The Labute approximate surface area is 218 Å². The summed E-state index contributed by atoms with van der Waals surface area (Å²) in [6.07, 6.45) is 4.59. The van der Waals surface area contributed by atoms with Crippen LogP contribution < -0.4 is 5.32 Å². The number of pyridine rings is 1. The number of ether oxygens (including phenoxy) is 1. The Bertz CT molecular complexity index is 1250. The second-order valence-corrected chi connectivity index (χ2v) is 11.8. The van der Waals surface area contributed by atoms with Gasteiger partial charge in [0.15, 0.2) is 0 Å². The van der Waals surface area contributed by atoms with Gasteiger partial charge in [-0.15, -0.1) is 0 Å². The van der Waals surface area contributed by atoms with Crippen molar-refractivity contribution in [1.82, 2.24) is 24.7 Å². The topological polar surface area (TPSA) is 96.8 Å². The fraction of sp³-hybridized carbons (Fsp3) is 0.571. The first-order valence-corrected chi connectivity index (χ1v) is 13.1. The van der Waals surface area contributed by atoms with Crippen molar-refractivity contribution in [2.45, 2.75) is 72.6 Å². The van der Waals surface area contributed by atoms with Crippen molar-refractivity contribution < 1.29 is 19.1 Å². The molecule has 0 aliphatic carbocycles. The van der Waals surface area contributed by atoms with Crippen molar-refractivity contribution in [1.29, 1.82) is 0 Å². The number of carbonyl (C=O) groups is 3. The van der Waals surface area contributed by atoms with E-state index in [-0.39, 0.29) is 17.9 Å². The second kappa shape index (κ2) is 9.84. The fourth-order valence-corrected chi connectivity index (χ4v) is 4.87. The van der Waals surface area contributed by atoms with Gasteiger partial charge in [-0.2, -0.15) is 0 Å². The molecule has 37 heavy (non-hydrogen) atoms. The van der Waals surface area contributed by atoms with E-state index in [2.05, 4.69) is 36.0 Å². The summed E-state index contributed by atoms with van der Waals surface area (Å²) in [5.74, 6) is -0.0221. The van der Waals surface area contributed by atoms with E-state index in [9.17, 15) is 14.4 Å². The lowest BCUT2D eigenvalue weighted by molar-refractivity contribution is -0.133. The predicted molar refractivity (Wildman–Crippen MR) is 143 cm³/mol. The van der Waals surface area contributed by atoms with Crippen LogP contribution in [0.3, 0.4) is 0 Å². The molecule has 4 heterocycles. The molecular formula is C28H39N5O4. The van der Waals surface area contributed by atoms with Gasteiger partial charge in [0.1, 0.15) is 22.5 Å². The number of carbonyl (C=O) groups excluding carboxylic acids is 3. The molecule has 1 N–H and O–H groups in total. The Morgan fingerprint density at radius 2 is 1.92 bits per heavy atom. The van der Waals surface area contributed by atoms with Gasteiger partial charge >= 0.3 is 6.09 Å². The molecule has 2 aromatic rings. The highest BCUT2D eigenvalue weighted by molar-refractivity contribution is 6.01. The summed E-state index contributed by atoms with van der Waals surface area (Å²) in [5, 5.41) is 3.81. The first kappa shape index (κ1) is 26.7. The highest BCUT2D eigenvalue weighted by Gasteiger charge is 2.41. The van der Waals surface area contributed by atoms with Crippen LogP contribution in [0.25, 0.3) is 16.6 Å². The number of amides is 3. The van der Waals surface area contributed by atoms with Crippen LogP contribution in [-0.4, -0.2) is 74.6 Å². The van der Waals surface area contributed by atoms with Gasteiger partial charge < -0.3 is 24.4 Å². The number of hydrogen-bond acceptors (Lipinski definition) is 5. The molecule has 0 radical (unpaired) electrons. The predicted octanol–water partition coefficient (Wildman–Crippen LogP) is 4.07. The molecule has 0 saturated carbocycles. The summed E-state index contributed by atoms with van der Waals surface area (Å²) in [6, 6.07) is 3.71. The molecule has 200 valence electrons. The number of rotatable bonds is 4. The van der Waals surface area contributed by atoms with Crippen molar-refractivity contribution in [3.05, 3.63) is 35.7 Å². The molecule has 2 aliphatic rings. The molecule has 1 fully saturated rings.